The number of methoxy groups -OCH3 is 1. The number of aromatic nitrogens is 2. The number of pyridine rings is 1. The van der Waals surface area contributed by atoms with Crippen molar-refractivity contribution in [2.24, 2.45) is 0 Å². The summed E-state index contributed by atoms with van der Waals surface area (Å²) in [6, 6.07) is 17.0. The SMILES string of the molecule is C=CCNc1cc(Cn2ccc3c(NC(=O)Nc4cc(Br)ccc4OC)cccc32)ccn1. The molecule has 33 heavy (non-hydrogen) atoms. The minimum atomic E-state index is -0.348. The molecule has 8 heteroatoms. The Balaban J connectivity index is 1.52. The molecule has 4 aromatic rings. The third-order valence-electron chi connectivity index (χ3n) is 5.08. The molecule has 4 rings (SSSR count). The number of urea groups is 1. The Bertz CT molecular complexity index is 1300. The molecule has 0 aliphatic heterocycles. The van der Waals surface area contributed by atoms with E-state index in [1.165, 1.54) is 0 Å². The number of rotatable bonds is 8. The van der Waals surface area contributed by atoms with Crippen LogP contribution in [-0.4, -0.2) is 29.2 Å². The number of nitrogens with one attached hydrogen (secondary N) is 3. The number of fused-ring (bicyclic) bond motifs is 1. The van der Waals surface area contributed by atoms with Crippen LogP contribution in [0.4, 0.5) is 22.0 Å². The average molecular weight is 506 g/mol. The van der Waals surface area contributed by atoms with Crippen molar-refractivity contribution in [1.29, 1.82) is 0 Å². The van der Waals surface area contributed by atoms with Crippen LogP contribution in [0.2, 0.25) is 0 Å². The second-order valence-electron chi connectivity index (χ2n) is 7.32. The summed E-state index contributed by atoms with van der Waals surface area (Å²) in [4.78, 5) is 17.0. The summed E-state index contributed by atoms with van der Waals surface area (Å²) in [5.74, 6) is 1.39. The predicted octanol–water partition coefficient (Wildman–Crippen LogP) is 6.10. The molecule has 0 spiro atoms. The van der Waals surface area contributed by atoms with Crippen LogP contribution in [0.3, 0.4) is 0 Å². The van der Waals surface area contributed by atoms with E-state index < -0.39 is 0 Å². The summed E-state index contributed by atoms with van der Waals surface area (Å²) in [6.45, 7) is 5.06. The van der Waals surface area contributed by atoms with Crippen LogP contribution in [0.1, 0.15) is 5.56 Å². The molecule has 0 radical (unpaired) electrons. The van der Waals surface area contributed by atoms with Gasteiger partial charge >= 0.3 is 6.03 Å². The van der Waals surface area contributed by atoms with Gasteiger partial charge in [-0.2, -0.15) is 0 Å². The minimum absolute atomic E-state index is 0.348. The Labute approximate surface area is 200 Å². The number of hydrogen-bond acceptors (Lipinski definition) is 4. The highest BCUT2D eigenvalue weighted by molar-refractivity contribution is 9.10. The van der Waals surface area contributed by atoms with Crippen LogP contribution >= 0.6 is 15.9 Å². The fourth-order valence-corrected chi connectivity index (χ4v) is 3.93. The molecule has 0 atom stereocenters. The van der Waals surface area contributed by atoms with Gasteiger partial charge in [0.05, 0.1) is 24.0 Å². The van der Waals surface area contributed by atoms with E-state index in [2.05, 4.69) is 48.0 Å². The van der Waals surface area contributed by atoms with Gasteiger partial charge in [-0.25, -0.2) is 9.78 Å². The van der Waals surface area contributed by atoms with Gasteiger partial charge < -0.3 is 25.3 Å². The van der Waals surface area contributed by atoms with E-state index >= 15 is 0 Å². The maximum Gasteiger partial charge on any atom is 0.323 e. The summed E-state index contributed by atoms with van der Waals surface area (Å²) < 4.78 is 8.32. The second kappa shape index (κ2) is 10.2. The van der Waals surface area contributed by atoms with Crippen LogP contribution in [0.5, 0.6) is 5.75 Å². The number of hydrogen-bond donors (Lipinski definition) is 3. The van der Waals surface area contributed by atoms with Crippen molar-refractivity contribution in [3.63, 3.8) is 0 Å². The molecule has 0 saturated carbocycles. The van der Waals surface area contributed by atoms with Crippen molar-refractivity contribution in [3.05, 3.63) is 89.7 Å². The summed E-state index contributed by atoms with van der Waals surface area (Å²) in [5, 5.41) is 9.96. The third-order valence-corrected chi connectivity index (χ3v) is 5.57. The molecule has 7 nitrogen and oxygen atoms in total. The van der Waals surface area contributed by atoms with Crippen LogP contribution < -0.4 is 20.7 Å². The van der Waals surface area contributed by atoms with Crippen molar-refractivity contribution in [2.45, 2.75) is 6.54 Å². The van der Waals surface area contributed by atoms with E-state index in [1.807, 2.05) is 48.7 Å². The zero-order chi connectivity index (χ0) is 23.2. The van der Waals surface area contributed by atoms with Crippen molar-refractivity contribution in [2.75, 3.05) is 29.6 Å². The van der Waals surface area contributed by atoms with E-state index in [9.17, 15) is 4.79 Å². The highest BCUT2D eigenvalue weighted by Gasteiger charge is 2.12. The molecule has 2 heterocycles. The zero-order valence-corrected chi connectivity index (χ0v) is 19.7. The van der Waals surface area contributed by atoms with E-state index in [4.69, 9.17) is 4.74 Å². The molecule has 0 fully saturated rings. The normalized spacial score (nSPS) is 10.6. The molecular weight excluding hydrogens is 482 g/mol. The van der Waals surface area contributed by atoms with Gasteiger partial charge in [0, 0.05) is 35.3 Å². The Morgan fingerprint density at radius 1 is 1.15 bits per heavy atom. The molecule has 0 bridgehead atoms. The number of amides is 2. The minimum Gasteiger partial charge on any atom is -0.495 e. The van der Waals surface area contributed by atoms with Gasteiger partial charge in [-0.3, -0.25) is 0 Å². The molecule has 2 aromatic heterocycles. The van der Waals surface area contributed by atoms with Crippen molar-refractivity contribution < 1.29 is 9.53 Å². The van der Waals surface area contributed by atoms with Crippen LogP contribution in [-0.2, 0) is 6.54 Å². The molecule has 2 amide bonds. The number of carbonyl (C=O) groups is 1. The molecule has 0 unspecified atom stereocenters. The first-order valence-electron chi connectivity index (χ1n) is 10.4. The molecule has 3 N–H and O–H groups in total. The third kappa shape index (κ3) is 5.35. The Morgan fingerprint density at radius 2 is 2.00 bits per heavy atom. The summed E-state index contributed by atoms with van der Waals surface area (Å²) in [6.07, 6.45) is 5.60. The number of anilines is 3. The molecular formula is C25H24BrN5O2. The maximum absolute atomic E-state index is 12.7. The van der Waals surface area contributed by atoms with Gasteiger partial charge in [-0.05, 0) is 54.1 Å². The molecule has 0 saturated heterocycles. The lowest BCUT2D eigenvalue weighted by atomic mass is 10.2. The predicted molar refractivity (Wildman–Crippen MR) is 137 cm³/mol. The van der Waals surface area contributed by atoms with Crippen molar-refractivity contribution >= 4 is 50.1 Å². The van der Waals surface area contributed by atoms with Gasteiger partial charge in [0.15, 0.2) is 0 Å². The number of ether oxygens (including phenoxy) is 1. The van der Waals surface area contributed by atoms with Crippen molar-refractivity contribution in [3.8, 4) is 5.75 Å². The monoisotopic (exact) mass is 505 g/mol. The number of halogens is 1. The summed E-state index contributed by atoms with van der Waals surface area (Å²) in [7, 11) is 1.57. The number of nitrogens with zero attached hydrogens (tertiary/aromatic N) is 2. The van der Waals surface area contributed by atoms with Gasteiger partial charge in [-0.1, -0.05) is 28.1 Å². The molecule has 2 aromatic carbocycles. The largest absolute Gasteiger partial charge is 0.495 e. The molecule has 0 aliphatic rings. The number of carbonyl (C=O) groups excluding carboxylic acids is 1. The lowest BCUT2D eigenvalue weighted by molar-refractivity contribution is 0.262. The maximum atomic E-state index is 12.7. The Morgan fingerprint density at radius 3 is 2.82 bits per heavy atom. The second-order valence-corrected chi connectivity index (χ2v) is 8.24. The smallest absolute Gasteiger partial charge is 0.323 e. The van der Waals surface area contributed by atoms with E-state index in [0.29, 0.717) is 24.5 Å². The van der Waals surface area contributed by atoms with Crippen LogP contribution in [0.25, 0.3) is 10.9 Å². The summed E-state index contributed by atoms with van der Waals surface area (Å²) in [5.41, 5.74) is 3.44. The van der Waals surface area contributed by atoms with Gasteiger partial charge in [0.1, 0.15) is 11.6 Å². The number of benzene rings is 2. The van der Waals surface area contributed by atoms with E-state index in [0.717, 1.165) is 32.4 Å². The standard InChI is InChI=1S/C25H24BrN5O2/c1-3-11-27-24-14-17(9-12-28-24)16-31-13-10-19-20(5-4-6-22(19)31)29-25(32)30-21-15-18(26)7-8-23(21)33-2/h3-10,12-15H,1,11,16H2,2H3,(H,27,28)(H2,29,30,32). The van der Waals surface area contributed by atoms with Crippen molar-refractivity contribution in [1.82, 2.24) is 9.55 Å². The zero-order valence-electron chi connectivity index (χ0n) is 18.1. The lowest BCUT2D eigenvalue weighted by Crippen LogP contribution is -2.20. The van der Waals surface area contributed by atoms with Gasteiger partial charge in [-0.15, -0.1) is 6.58 Å². The van der Waals surface area contributed by atoms with Gasteiger partial charge in [0.2, 0.25) is 0 Å². The van der Waals surface area contributed by atoms with E-state index in [1.54, 1.807) is 31.5 Å². The van der Waals surface area contributed by atoms with Gasteiger partial charge in [0.25, 0.3) is 0 Å². The quantitative estimate of drug-likeness (QED) is 0.253. The lowest BCUT2D eigenvalue weighted by Gasteiger charge is -2.13. The molecule has 168 valence electrons. The highest BCUT2D eigenvalue weighted by Crippen LogP contribution is 2.29. The highest BCUT2D eigenvalue weighted by atomic mass is 79.9. The fraction of sp³-hybridized carbons (Fsp3) is 0.120. The first kappa shape index (κ1) is 22.4. The van der Waals surface area contributed by atoms with Crippen LogP contribution in [0, 0.1) is 0 Å². The average Bonchev–Trinajstić information content (AvgIpc) is 3.22. The Kier molecular flexibility index (Phi) is 6.95. The topological polar surface area (TPSA) is 80.2 Å². The first-order valence-corrected chi connectivity index (χ1v) is 11.2. The van der Waals surface area contributed by atoms with E-state index in [-0.39, 0.29) is 6.03 Å². The van der Waals surface area contributed by atoms with Crippen LogP contribution in [0.15, 0.2) is 84.1 Å². The fourth-order valence-electron chi connectivity index (χ4n) is 3.57. The first-order chi connectivity index (χ1) is 16.1. The molecule has 0 aliphatic carbocycles. The summed E-state index contributed by atoms with van der Waals surface area (Å²) >= 11 is 3.42. The Hall–Kier alpha value is -3.78.